The highest BCUT2D eigenvalue weighted by Crippen LogP contribution is 2.15. The molecular weight excluding hydrogens is 329 g/mol. The molecule has 7 heteroatoms. The maximum absolute atomic E-state index is 12.8. The molecule has 5 nitrogen and oxygen atoms in total. The van der Waals surface area contributed by atoms with Crippen molar-refractivity contribution in [2.45, 2.75) is 0 Å². The zero-order valence-corrected chi connectivity index (χ0v) is 13.1. The minimum Gasteiger partial charge on any atom is -0.320 e. The zero-order valence-electron chi connectivity index (χ0n) is 12.3. The number of carbonyl (C=O) groups is 2. The SMILES string of the molecule is O=C(Nc1ccc(NC(=O)c2cccs2)cn1)c1ccc(F)cc1. The number of carbonyl (C=O) groups excluding carboxylic acids is 2. The van der Waals surface area contributed by atoms with Crippen molar-refractivity contribution in [1.29, 1.82) is 0 Å². The van der Waals surface area contributed by atoms with Crippen molar-refractivity contribution in [1.82, 2.24) is 4.98 Å². The molecule has 0 bridgehead atoms. The van der Waals surface area contributed by atoms with Crippen LogP contribution in [0, 0.1) is 5.82 Å². The predicted molar refractivity (Wildman–Crippen MR) is 90.9 cm³/mol. The van der Waals surface area contributed by atoms with E-state index < -0.39 is 11.7 Å². The highest BCUT2D eigenvalue weighted by molar-refractivity contribution is 7.12. The Morgan fingerprint density at radius 3 is 2.38 bits per heavy atom. The van der Waals surface area contributed by atoms with Crippen LogP contribution in [0.3, 0.4) is 0 Å². The molecule has 0 spiro atoms. The van der Waals surface area contributed by atoms with Crippen LogP contribution in [0.2, 0.25) is 0 Å². The Morgan fingerprint density at radius 2 is 1.75 bits per heavy atom. The van der Waals surface area contributed by atoms with Gasteiger partial charge in [0.15, 0.2) is 0 Å². The molecule has 3 aromatic rings. The summed E-state index contributed by atoms with van der Waals surface area (Å²) in [6, 6.07) is 11.9. The fourth-order valence-corrected chi connectivity index (χ4v) is 2.55. The van der Waals surface area contributed by atoms with E-state index in [1.807, 2.05) is 5.38 Å². The van der Waals surface area contributed by atoms with Crippen molar-refractivity contribution in [2.24, 2.45) is 0 Å². The van der Waals surface area contributed by atoms with Crippen LogP contribution in [-0.4, -0.2) is 16.8 Å². The zero-order chi connectivity index (χ0) is 16.9. The lowest BCUT2D eigenvalue weighted by atomic mass is 10.2. The van der Waals surface area contributed by atoms with Crippen molar-refractivity contribution in [3.63, 3.8) is 0 Å². The molecule has 1 aromatic carbocycles. The summed E-state index contributed by atoms with van der Waals surface area (Å²) in [6.07, 6.45) is 1.45. The number of hydrogen-bond acceptors (Lipinski definition) is 4. The summed E-state index contributed by atoms with van der Waals surface area (Å²) in [5.74, 6) is -0.679. The quantitative estimate of drug-likeness (QED) is 0.758. The van der Waals surface area contributed by atoms with Gasteiger partial charge in [0, 0.05) is 5.56 Å². The summed E-state index contributed by atoms with van der Waals surface area (Å²) in [6.45, 7) is 0. The van der Waals surface area contributed by atoms with Gasteiger partial charge in [-0.3, -0.25) is 9.59 Å². The lowest BCUT2D eigenvalue weighted by Gasteiger charge is -2.06. The van der Waals surface area contributed by atoms with Gasteiger partial charge >= 0.3 is 0 Å². The molecule has 2 aromatic heterocycles. The predicted octanol–water partition coefficient (Wildman–Crippen LogP) is 3.79. The summed E-state index contributed by atoms with van der Waals surface area (Å²) in [4.78, 5) is 28.6. The Hall–Kier alpha value is -3.06. The first-order chi connectivity index (χ1) is 11.6. The summed E-state index contributed by atoms with van der Waals surface area (Å²) in [7, 11) is 0. The highest BCUT2D eigenvalue weighted by Gasteiger charge is 2.09. The number of amides is 2. The van der Waals surface area contributed by atoms with E-state index in [4.69, 9.17) is 0 Å². The average molecular weight is 341 g/mol. The topological polar surface area (TPSA) is 71.1 Å². The van der Waals surface area contributed by atoms with Gasteiger partial charge in [0.05, 0.1) is 16.8 Å². The van der Waals surface area contributed by atoms with Gasteiger partial charge in [0.25, 0.3) is 11.8 Å². The molecule has 0 aliphatic rings. The number of rotatable bonds is 4. The number of anilines is 2. The molecule has 24 heavy (non-hydrogen) atoms. The van der Waals surface area contributed by atoms with E-state index in [9.17, 15) is 14.0 Å². The van der Waals surface area contributed by atoms with Crippen molar-refractivity contribution in [2.75, 3.05) is 10.6 Å². The second-order valence-corrected chi connectivity index (χ2v) is 5.77. The van der Waals surface area contributed by atoms with Crippen LogP contribution in [0.4, 0.5) is 15.9 Å². The van der Waals surface area contributed by atoms with Crippen LogP contribution in [0.25, 0.3) is 0 Å². The minimum atomic E-state index is -0.407. The van der Waals surface area contributed by atoms with Crippen LogP contribution in [-0.2, 0) is 0 Å². The standard InChI is InChI=1S/C17H12FN3O2S/c18-12-5-3-11(4-6-12)16(22)21-15-8-7-13(10-19-15)20-17(23)14-2-1-9-24-14/h1-10H,(H,20,23)(H,19,21,22). The van der Waals surface area contributed by atoms with E-state index in [0.29, 0.717) is 21.9 Å². The molecule has 2 amide bonds. The maximum Gasteiger partial charge on any atom is 0.265 e. The molecule has 0 aliphatic heterocycles. The van der Waals surface area contributed by atoms with E-state index in [-0.39, 0.29) is 5.91 Å². The monoisotopic (exact) mass is 341 g/mol. The molecule has 0 fully saturated rings. The molecule has 0 atom stereocenters. The molecular formula is C17H12FN3O2S. The molecule has 0 saturated heterocycles. The van der Waals surface area contributed by atoms with Gasteiger partial charge in [-0.25, -0.2) is 9.37 Å². The Bertz CT molecular complexity index is 847. The van der Waals surface area contributed by atoms with Crippen molar-refractivity contribution in [3.05, 3.63) is 76.4 Å². The Balaban J connectivity index is 1.63. The first-order valence-electron chi connectivity index (χ1n) is 6.99. The van der Waals surface area contributed by atoms with Crippen LogP contribution < -0.4 is 10.6 Å². The first-order valence-corrected chi connectivity index (χ1v) is 7.87. The summed E-state index contributed by atoms with van der Waals surface area (Å²) in [5.41, 5.74) is 0.849. The number of halogens is 1. The number of pyridine rings is 1. The second-order valence-electron chi connectivity index (χ2n) is 4.82. The van der Waals surface area contributed by atoms with Crippen molar-refractivity contribution in [3.8, 4) is 0 Å². The third-order valence-electron chi connectivity index (χ3n) is 3.11. The van der Waals surface area contributed by atoms with Gasteiger partial charge < -0.3 is 10.6 Å². The third kappa shape index (κ3) is 3.82. The van der Waals surface area contributed by atoms with Gasteiger partial charge in [-0.2, -0.15) is 0 Å². The number of nitrogens with zero attached hydrogens (tertiary/aromatic N) is 1. The van der Waals surface area contributed by atoms with Gasteiger partial charge in [-0.05, 0) is 47.8 Å². The molecule has 0 aliphatic carbocycles. The highest BCUT2D eigenvalue weighted by atomic mass is 32.1. The molecule has 2 heterocycles. The first kappa shape index (κ1) is 15.8. The summed E-state index contributed by atoms with van der Waals surface area (Å²) in [5, 5.41) is 7.14. The van der Waals surface area contributed by atoms with E-state index >= 15 is 0 Å². The maximum atomic E-state index is 12.8. The molecule has 0 saturated carbocycles. The number of nitrogens with one attached hydrogen (secondary N) is 2. The van der Waals surface area contributed by atoms with Crippen molar-refractivity contribution >= 4 is 34.7 Å². The normalized spacial score (nSPS) is 10.2. The summed E-state index contributed by atoms with van der Waals surface area (Å²) < 4.78 is 12.8. The van der Waals surface area contributed by atoms with E-state index in [2.05, 4.69) is 15.6 Å². The Kier molecular flexibility index (Phi) is 4.62. The minimum absolute atomic E-state index is 0.213. The fraction of sp³-hybridized carbons (Fsp3) is 0. The lowest BCUT2D eigenvalue weighted by Crippen LogP contribution is -2.14. The van der Waals surface area contributed by atoms with Crippen molar-refractivity contribution < 1.29 is 14.0 Å². The molecule has 3 rings (SSSR count). The second kappa shape index (κ2) is 7.01. The molecule has 2 N–H and O–H groups in total. The van der Waals surface area contributed by atoms with Gasteiger partial charge in [0.2, 0.25) is 0 Å². The van der Waals surface area contributed by atoms with Crippen LogP contribution in [0.1, 0.15) is 20.0 Å². The van der Waals surface area contributed by atoms with Gasteiger partial charge in [-0.1, -0.05) is 6.07 Å². The lowest BCUT2D eigenvalue weighted by molar-refractivity contribution is 0.101. The van der Waals surface area contributed by atoms with Gasteiger partial charge in [-0.15, -0.1) is 11.3 Å². The van der Waals surface area contributed by atoms with Crippen LogP contribution >= 0.6 is 11.3 Å². The third-order valence-corrected chi connectivity index (χ3v) is 3.98. The van der Waals surface area contributed by atoms with Gasteiger partial charge in [0.1, 0.15) is 11.6 Å². The fourth-order valence-electron chi connectivity index (χ4n) is 1.93. The molecule has 120 valence electrons. The number of thiophene rings is 1. The van der Waals surface area contributed by atoms with E-state index in [1.54, 1.807) is 24.3 Å². The number of aromatic nitrogens is 1. The van der Waals surface area contributed by atoms with Crippen LogP contribution in [0.15, 0.2) is 60.1 Å². The largest absolute Gasteiger partial charge is 0.320 e. The molecule has 0 radical (unpaired) electrons. The van der Waals surface area contributed by atoms with E-state index in [0.717, 1.165) is 0 Å². The van der Waals surface area contributed by atoms with E-state index in [1.165, 1.54) is 41.8 Å². The Morgan fingerprint density at radius 1 is 0.958 bits per heavy atom. The smallest absolute Gasteiger partial charge is 0.265 e. The number of hydrogen-bond donors (Lipinski definition) is 2. The Labute approximate surface area is 141 Å². The number of benzene rings is 1. The molecule has 0 unspecified atom stereocenters. The summed E-state index contributed by atoms with van der Waals surface area (Å²) >= 11 is 1.34. The van der Waals surface area contributed by atoms with Crippen LogP contribution in [0.5, 0.6) is 0 Å². The average Bonchev–Trinajstić information content (AvgIpc) is 3.12.